The quantitative estimate of drug-likeness (QED) is 0.917. The molecule has 3 rings (SSSR count). The van der Waals surface area contributed by atoms with Crippen LogP contribution in [0.2, 0.25) is 0 Å². The van der Waals surface area contributed by atoms with Gasteiger partial charge >= 0.3 is 0 Å². The lowest BCUT2D eigenvalue weighted by molar-refractivity contribution is 0.281. The molecule has 1 N–H and O–H groups in total. The van der Waals surface area contributed by atoms with Crippen LogP contribution in [0.1, 0.15) is 33.1 Å². The maximum atomic E-state index is 5.20. The smallest absolute Gasteiger partial charge is 0.247 e. The Morgan fingerprint density at radius 1 is 1.15 bits per heavy atom. The third-order valence-corrected chi connectivity index (χ3v) is 4.30. The standard InChI is InChI=1S/C16H21N3O/c1-11-3-4-12(2)15(9-11)18-14-7-5-13(6-8-14)16-19-17-10-20-16/h5-8,10-12,15,18H,3-4,9H2,1-2H3. The molecule has 1 aromatic heterocycles. The lowest BCUT2D eigenvalue weighted by Crippen LogP contribution is -2.33. The fourth-order valence-corrected chi connectivity index (χ4v) is 2.96. The summed E-state index contributed by atoms with van der Waals surface area (Å²) in [5.74, 6) is 2.12. The summed E-state index contributed by atoms with van der Waals surface area (Å²) < 4.78 is 5.20. The van der Waals surface area contributed by atoms with Gasteiger partial charge in [0.25, 0.3) is 0 Å². The number of nitrogens with zero attached hydrogens (tertiary/aromatic N) is 2. The first-order chi connectivity index (χ1) is 9.72. The predicted molar refractivity (Wildman–Crippen MR) is 79.3 cm³/mol. The molecule has 3 atom stereocenters. The molecule has 0 radical (unpaired) electrons. The van der Waals surface area contributed by atoms with Crippen molar-refractivity contribution in [2.24, 2.45) is 11.8 Å². The molecule has 1 aliphatic rings. The van der Waals surface area contributed by atoms with Gasteiger partial charge in [0.15, 0.2) is 0 Å². The van der Waals surface area contributed by atoms with Crippen molar-refractivity contribution < 1.29 is 4.42 Å². The maximum absolute atomic E-state index is 5.20. The van der Waals surface area contributed by atoms with Crippen LogP contribution in [0, 0.1) is 11.8 Å². The third kappa shape index (κ3) is 2.84. The van der Waals surface area contributed by atoms with Gasteiger partial charge in [0.05, 0.1) is 0 Å². The second kappa shape index (κ2) is 5.65. The van der Waals surface area contributed by atoms with Crippen molar-refractivity contribution in [2.45, 2.75) is 39.2 Å². The highest BCUT2D eigenvalue weighted by atomic mass is 16.4. The van der Waals surface area contributed by atoms with Gasteiger partial charge in [0, 0.05) is 17.3 Å². The molecule has 106 valence electrons. The Kier molecular flexibility index (Phi) is 3.72. The minimum absolute atomic E-state index is 0.566. The van der Waals surface area contributed by atoms with Crippen molar-refractivity contribution in [3.05, 3.63) is 30.7 Å². The van der Waals surface area contributed by atoms with Crippen LogP contribution >= 0.6 is 0 Å². The van der Waals surface area contributed by atoms with Crippen molar-refractivity contribution in [3.8, 4) is 11.5 Å². The van der Waals surface area contributed by atoms with E-state index in [9.17, 15) is 0 Å². The molecule has 0 spiro atoms. The van der Waals surface area contributed by atoms with E-state index in [-0.39, 0.29) is 0 Å². The van der Waals surface area contributed by atoms with Gasteiger partial charge in [-0.2, -0.15) is 0 Å². The number of anilines is 1. The molecule has 20 heavy (non-hydrogen) atoms. The fraction of sp³-hybridized carbons (Fsp3) is 0.500. The van der Waals surface area contributed by atoms with E-state index in [1.807, 2.05) is 12.1 Å². The van der Waals surface area contributed by atoms with Gasteiger partial charge in [-0.05, 0) is 48.9 Å². The average molecular weight is 271 g/mol. The first-order valence-corrected chi connectivity index (χ1v) is 7.35. The molecule has 0 aliphatic heterocycles. The largest absolute Gasteiger partial charge is 0.423 e. The Morgan fingerprint density at radius 3 is 2.65 bits per heavy atom. The summed E-state index contributed by atoms with van der Waals surface area (Å²) in [4.78, 5) is 0. The van der Waals surface area contributed by atoms with E-state index >= 15 is 0 Å². The van der Waals surface area contributed by atoms with Crippen LogP contribution < -0.4 is 5.32 Å². The Morgan fingerprint density at radius 2 is 1.95 bits per heavy atom. The van der Waals surface area contributed by atoms with Crippen LogP contribution in [-0.4, -0.2) is 16.2 Å². The molecule has 1 fully saturated rings. The minimum atomic E-state index is 0.566. The summed E-state index contributed by atoms with van der Waals surface area (Å²) in [7, 11) is 0. The normalized spacial score (nSPS) is 26.4. The van der Waals surface area contributed by atoms with E-state index in [0.717, 1.165) is 17.4 Å². The zero-order valence-corrected chi connectivity index (χ0v) is 12.0. The van der Waals surface area contributed by atoms with Gasteiger partial charge in [0.1, 0.15) is 0 Å². The number of benzene rings is 1. The van der Waals surface area contributed by atoms with Crippen molar-refractivity contribution in [2.75, 3.05) is 5.32 Å². The molecule has 3 unspecified atom stereocenters. The summed E-state index contributed by atoms with van der Waals surface area (Å²) in [6, 6.07) is 8.80. The highest BCUT2D eigenvalue weighted by molar-refractivity contribution is 5.58. The summed E-state index contributed by atoms with van der Waals surface area (Å²) in [5, 5.41) is 11.3. The molecule has 1 aromatic carbocycles. The fourth-order valence-electron chi connectivity index (χ4n) is 2.96. The summed E-state index contributed by atoms with van der Waals surface area (Å²) in [5.41, 5.74) is 2.12. The Bertz CT molecular complexity index is 535. The molecule has 4 heteroatoms. The van der Waals surface area contributed by atoms with Crippen molar-refractivity contribution >= 4 is 5.69 Å². The highest BCUT2D eigenvalue weighted by Gasteiger charge is 2.25. The second-order valence-corrected chi connectivity index (χ2v) is 5.97. The summed E-state index contributed by atoms with van der Waals surface area (Å²) in [6.45, 7) is 4.69. The predicted octanol–water partition coefficient (Wildman–Crippen LogP) is 3.97. The second-order valence-electron chi connectivity index (χ2n) is 5.97. The van der Waals surface area contributed by atoms with E-state index in [2.05, 4.69) is 41.5 Å². The van der Waals surface area contributed by atoms with Crippen LogP contribution in [0.4, 0.5) is 5.69 Å². The van der Waals surface area contributed by atoms with Crippen LogP contribution in [-0.2, 0) is 0 Å². The van der Waals surface area contributed by atoms with Crippen molar-refractivity contribution in [1.29, 1.82) is 0 Å². The topological polar surface area (TPSA) is 51.0 Å². The molecule has 4 nitrogen and oxygen atoms in total. The van der Waals surface area contributed by atoms with Crippen LogP contribution in [0.15, 0.2) is 35.1 Å². The average Bonchev–Trinajstić information content (AvgIpc) is 2.98. The first kappa shape index (κ1) is 13.2. The molecular weight excluding hydrogens is 250 g/mol. The molecule has 0 amide bonds. The van der Waals surface area contributed by atoms with Gasteiger partial charge < -0.3 is 9.73 Å². The van der Waals surface area contributed by atoms with E-state index in [0.29, 0.717) is 11.9 Å². The SMILES string of the molecule is CC1CCC(C)C(Nc2ccc(-c3nnco3)cc2)C1. The van der Waals surface area contributed by atoms with E-state index in [1.165, 1.54) is 31.3 Å². The molecule has 0 saturated heterocycles. The molecule has 0 bridgehead atoms. The van der Waals surface area contributed by atoms with E-state index < -0.39 is 0 Å². The lowest BCUT2D eigenvalue weighted by Gasteiger charge is -2.34. The van der Waals surface area contributed by atoms with Gasteiger partial charge in [-0.3, -0.25) is 0 Å². The van der Waals surface area contributed by atoms with E-state index in [4.69, 9.17) is 4.42 Å². The number of rotatable bonds is 3. The van der Waals surface area contributed by atoms with Gasteiger partial charge in [-0.1, -0.05) is 20.3 Å². The first-order valence-electron chi connectivity index (χ1n) is 7.35. The van der Waals surface area contributed by atoms with E-state index in [1.54, 1.807) is 0 Å². The Hall–Kier alpha value is -1.84. The molecule has 1 heterocycles. The molecular formula is C16H21N3O. The van der Waals surface area contributed by atoms with Gasteiger partial charge in [0.2, 0.25) is 12.3 Å². The minimum Gasteiger partial charge on any atom is -0.423 e. The monoisotopic (exact) mass is 271 g/mol. The summed E-state index contributed by atoms with van der Waals surface area (Å²) in [6.07, 6.45) is 5.29. The molecule has 1 saturated carbocycles. The van der Waals surface area contributed by atoms with Crippen LogP contribution in [0.3, 0.4) is 0 Å². The number of aromatic nitrogens is 2. The molecule has 2 aromatic rings. The van der Waals surface area contributed by atoms with Crippen molar-refractivity contribution in [1.82, 2.24) is 10.2 Å². The number of hydrogen-bond donors (Lipinski definition) is 1. The van der Waals surface area contributed by atoms with Gasteiger partial charge in [-0.25, -0.2) is 0 Å². The lowest BCUT2D eigenvalue weighted by atomic mass is 9.80. The highest BCUT2D eigenvalue weighted by Crippen LogP contribution is 2.31. The zero-order chi connectivity index (χ0) is 13.9. The number of nitrogens with one attached hydrogen (secondary N) is 1. The summed E-state index contributed by atoms with van der Waals surface area (Å²) >= 11 is 0. The number of hydrogen-bond acceptors (Lipinski definition) is 4. The molecule has 1 aliphatic carbocycles. The Balaban J connectivity index is 1.69. The third-order valence-electron chi connectivity index (χ3n) is 4.30. The zero-order valence-electron chi connectivity index (χ0n) is 12.0. The van der Waals surface area contributed by atoms with Crippen LogP contribution in [0.25, 0.3) is 11.5 Å². The van der Waals surface area contributed by atoms with Gasteiger partial charge in [-0.15, -0.1) is 10.2 Å². The van der Waals surface area contributed by atoms with Crippen LogP contribution in [0.5, 0.6) is 0 Å². The maximum Gasteiger partial charge on any atom is 0.247 e. The Labute approximate surface area is 119 Å². The van der Waals surface area contributed by atoms with Crippen molar-refractivity contribution in [3.63, 3.8) is 0 Å².